The summed E-state index contributed by atoms with van der Waals surface area (Å²) in [6.45, 7) is 7.38. The van der Waals surface area contributed by atoms with E-state index in [4.69, 9.17) is 24.5 Å². The van der Waals surface area contributed by atoms with Crippen LogP contribution >= 0.6 is 11.3 Å². The number of esters is 1. The molecule has 1 fully saturated rings. The standard InChI is InChI=1S/C21H32N2O3S.C2H2O4/c1-3-26-21(25)19-16-9-8-15(2)14-17(16)27-20(19)22-18(24)10-13-23-11-6-4-5-7-12-23;3-1(4)2(5)6/h15H,3-14H2,1-2H3,(H,22,24);(H,3,4)(H,5,6). The van der Waals surface area contributed by atoms with E-state index >= 15 is 0 Å². The SMILES string of the molecule is CCOC(=O)c1c(NC(=O)CCN2CCCCCC2)sc2c1CCC(C)C2.O=C(O)C(=O)O. The summed E-state index contributed by atoms with van der Waals surface area (Å²) in [6, 6.07) is 0. The Bertz CT molecular complexity index is 832. The zero-order chi connectivity index (χ0) is 24.4. The van der Waals surface area contributed by atoms with Gasteiger partial charge in [-0.05, 0) is 63.6 Å². The maximum Gasteiger partial charge on any atom is 0.414 e. The molecule has 184 valence electrons. The first-order chi connectivity index (χ1) is 15.7. The molecule has 10 heteroatoms. The molecule has 2 aliphatic rings. The van der Waals surface area contributed by atoms with Gasteiger partial charge in [0, 0.05) is 17.8 Å². The lowest BCUT2D eigenvalue weighted by molar-refractivity contribution is -0.159. The molecule has 3 rings (SSSR count). The van der Waals surface area contributed by atoms with Gasteiger partial charge in [-0.15, -0.1) is 11.3 Å². The van der Waals surface area contributed by atoms with E-state index in [0.29, 0.717) is 29.5 Å². The quantitative estimate of drug-likeness (QED) is 0.415. The fourth-order valence-corrected chi connectivity index (χ4v) is 5.48. The number of rotatable bonds is 6. The smallest absolute Gasteiger partial charge is 0.414 e. The summed E-state index contributed by atoms with van der Waals surface area (Å²) in [6.07, 6.45) is 8.48. The van der Waals surface area contributed by atoms with E-state index in [1.807, 2.05) is 6.92 Å². The van der Waals surface area contributed by atoms with E-state index in [0.717, 1.165) is 44.5 Å². The lowest BCUT2D eigenvalue weighted by Crippen LogP contribution is -2.28. The first-order valence-corrected chi connectivity index (χ1v) is 12.3. The largest absolute Gasteiger partial charge is 0.473 e. The number of carboxylic acid groups (broad SMARTS) is 2. The molecule has 1 unspecified atom stereocenters. The van der Waals surface area contributed by atoms with E-state index in [-0.39, 0.29) is 11.9 Å². The van der Waals surface area contributed by atoms with Crippen molar-refractivity contribution in [1.29, 1.82) is 0 Å². The van der Waals surface area contributed by atoms with E-state index in [9.17, 15) is 9.59 Å². The van der Waals surface area contributed by atoms with Crippen molar-refractivity contribution in [2.45, 2.75) is 65.2 Å². The number of carbonyl (C=O) groups excluding carboxylic acids is 2. The Morgan fingerprint density at radius 1 is 1.09 bits per heavy atom. The number of anilines is 1. The van der Waals surface area contributed by atoms with Gasteiger partial charge in [-0.1, -0.05) is 19.8 Å². The molecule has 1 atom stereocenters. The van der Waals surface area contributed by atoms with Gasteiger partial charge in [0.2, 0.25) is 5.91 Å². The number of thiophene rings is 1. The maximum atomic E-state index is 12.6. The predicted octanol–water partition coefficient (Wildman–Crippen LogP) is 3.41. The fourth-order valence-electron chi connectivity index (χ4n) is 4.07. The highest BCUT2D eigenvalue weighted by molar-refractivity contribution is 7.17. The summed E-state index contributed by atoms with van der Waals surface area (Å²) < 4.78 is 5.28. The molecular formula is C23H34N2O7S. The van der Waals surface area contributed by atoms with Crippen molar-refractivity contribution >= 4 is 40.2 Å². The van der Waals surface area contributed by atoms with Gasteiger partial charge in [0.1, 0.15) is 5.00 Å². The molecule has 33 heavy (non-hydrogen) atoms. The molecule has 1 aliphatic carbocycles. The zero-order valence-electron chi connectivity index (χ0n) is 19.4. The first-order valence-electron chi connectivity index (χ1n) is 11.5. The highest BCUT2D eigenvalue weighted by Crippen LogP contribution is 2.40. The molecule has 1 aliphatic heterocycles. The minimum Gasteiger partial charge on any atom is -0.473 e. The number of nitrogens with zero attached hydrogens (tertiary/aromatic N) is 1. The normalized spacial score (nSPS) is 18.2. The molecule has 1 aromatic heterocycles. The van der Waals surface area contributed by atoms with Crippen LogP contribution in [0.1, 0.15) is 73.2 Å². The number of hydrogen-bond acceptors (Lipinski definition) is 7. The van der Waals surface area contributed by atoms with Gasteiger partial charge in [0.05, 0.1) is 12.2 Å². The Balaban J connectivity index is 0.000000569. The van der Waals surface area contributed by atoms with Gasteiger partial charge in [-0.3, -0.25) is 4.79 Å². The minimum absolute atomic E-state index is 0.00330. The Morgan fingerprint density at radius 2 is 1.73 bits per heavy atom. The van der Waals surface area contributed by atoms with Crippen LogP contribution in [0.4, 0.5) is 5.00 Å². The average molecular weight is 483 g/mol. The van der Waals surface area contributed by atoms with Gasteiger partial charge in [-0.25, -0.2) is 14.4 Å². The van der Waals surface area contributed by atoms with Crippen LogP contribution < -0.4 is 5.32 Å². The van der Waals surface area contributed by atoms with E-state index in [1.165, 1.54) is 30.6 Å². The second-order valence-corrected chi connectivity index (χ2v) is 9.55. The third-order valence-corrected chi connectivity index (χ3v) is 6.95. The van der Waals surface area contributed by atoms with Gasteiger partial charge >= 0.3 is 17.9 Å². The second-order valence-electron chi connectivity index (χ2n) is 8.44. The Kier molecular flexibility index (Phi) is 10.8. The van der Waals surface area contributed by atoms with Crippen LogP contribution in [-0.2, 0) is 32.0 Å². The molecule has 0 radical (unpaired) electrons. The average Bonchev–Trinajstić information content (AvgIpc) is 2.92. The highest BCUT2D eigenvalue weighted by Gasteiger charge is 2.29. The fraction of sp³-hybridized carbons (Fsp3) is 0.652. The van der Waals surface area contributed by atoms with Crippen LogP contribution in [0, 0.1) is 5.92 Å². The van der Waals surface area contributed by atoms with Crippen LogP contribution in [0.25, 0.3) is 0 Å². The van der Waals surface area contributed by atoms with Gasteiger partial charge in [-0.2, -0.15) is 0 Å². The third-order valence-electron chi connectivity index (χ3n) is 5.78. The van der Waals surface area contributed by atoms with Crippen LogP contribution in [0.2, 0.25) is 0 Å². The molecule has 1 amide bonds. The molecule has 0 spiro atoms. The number of amides is 1. The van der Waals surface area contributed by atoms with Crippen molar-refractivity contribution in [3.8, 4) is 0 Å². The molecule has 2 heterocycles. The van der Waals surface area contributed by atoms with Crippen molar-refractivity contribution in [3.63, 3.8) is 0 Å². The van der Waals surface area contributed by atoms with Crippen LogP contribution in [0.3, 0.4) is 0 Å². The number of likely N-dealkylation sites (tertiary alicyclic amines) is 1. The second kappa shape index (κ2) is 13.3. The Labute approximate surface area is 198 Å². The van der Waals surface area contributed by atoms with Gasteiger partial charge < -0.3 is 25.2 Å². The topological polar surface area (TPSA) is 133 Å². The lowest BCUT2D eigenvalue weighted by Gasteiger charge is -2.19. The van der Waals surface area contributed by atoms with Crippen molar-refractivity contribution in [1.82, 2.24) is 4.90 Å². The maximum absolute atomic E-state index is 12.6. The van der Waals surface area contributed by atoms with Crippen molar-refractivity contribution < 1.29 is 34.1 Å². The molecule has 0 saturated carbocycles. The monoisotopic (exact) mass is 482 g/mol. The van der Waals surface area contributed by atoms with E-state index in [1.54, 1.807) is 11.3 Å². The number of fused-ring (bicyclic) bond motifs is 1. The van der Waals surface area contributed by atoms with Crippen molar-refractivity contribution in [2.75, 3.05) is 31.6 Å². The van der Waals surface area contributed by atoms with Gasteiger partial charge in [0.15, 0.2) is 0 Å². The molecular weight excluding hydrogens is 448 g/mol. The molecule has 1 aromatic rings. The molecule has 9 nitrogen and oxygen atoms in total. The molecule has 0 bridgehead atoms. The number of nitrogens with one attached hydrogen (secondary N) is 1. The summed E-state index contributed by atoms with van der Waals surface area (Å²) in [7, 11) is 0. The first kappa shape index (κ1) is 26.8. The van der Waals surface area contributed by atoms with Gasteiger partial charge in [0.25, 0.3) is 0 Å². The summed E-state index contributed by atoms with van der Waals surface area (Å²) in [4.78, 5) is 46.9. The Hall–Kier alpha value is -2.46. The van der Waals surface area contributed by atoms with E-state index in [2.05, 4.69) is 17.1 Å². The van der Waals surface area contributed by atoms with E-state index < -0.39 is 11.9 Å². The lowest BCUT2D eigenvalue weighted by atomic mass is 9.88. The van der Waals surface area contributed by atoms with Crippen LogP contribution in [-0.4, -0.2) is 65.2 Å². The summed E-state index contributed by atoms with van der Waals surface area (Å²) in [5.41, 5.74) is 1.70. The summed E-state index contributed by atoms with van der Waals surface area (Å²) in [5, 5.41) is 18.5. The minimum atomic E-state index is -1.82. The number of carbonyl (C=O) groups is 4. The van der Waals surface area contributed by atoms with Crippen LogP contribution in [0.15, 0.2) is 0 Å². The van der Waals surface area contributed by atoms with Crippen molar-refractivity contribution in [3.05, 3.63) is 16.0 Å². The zero-order valence-corrected chi connectivity index (χ0v) is 20.2. The number of hydrogen-bond donors (Lipinski definition) is 3. The number of carboxylic acids is 2. The highest BCUT2D eigenvalue weighted by atomic mass is 32.1. The van der Waals surface area contributed by atoms with Crippen LogP contribution in [0.5, 0.6) is 0 Å². The third kappa shape index (κ3) is 8.43. The van der Waals surface area contributed by atoms with Crippen molar-refractivity contribution in [2.24, 2.45) is 5.92 Å². The predicted molar refractivity (Wildman–Crippen MR) is 125 cm³/mol. The summed E-state index contributed by atoms with van der Waals surface area (Å²) in [5.74, 6) is -3.33. The summed E-state index contributed by atoms with van der Waals surface area (Å²) >= 11 is 1.57. The number of aliphatic carboxylic acids is 2. The number of ether oxygens (including phenoxy) is 1. The molecule has 3 N–H and O–H groups in total. The molecule has 1 saturated heterocycles. The Morgan fingerprint density at radius 3 is 2.30 bits per heavy atom. The molecule has 0 aromatic carbocycles.